The zero-order chi connectivity index (χ0) is 16.8. The molecule has 1 aromatic rings. The number of rotatable bonds is 7. The summed E-state index contributed by atoms with van der Waals surface area (Å²) in [5.41, 5.74) is 1.04. The minimum Gasteiger partial charge on any atom is -0.481 e. The lowest BCUT2D eigenvalue weighted by Crippen LogP contribution is -2.37. The van der Waals surface area contributed by atoms with Gasteiger partial charge in [0, 0.05) is 32.0 Å². The van der Waals surface area contributed by atoms with Gasteiger partial charge in [0.15, 0.2) is 0 Å². The highest BCUT2D eigenvalue weighted by atomic mass is 16.5. The van der Waals surface area contributed by atoms with Crippen molar-refractivity contribution in [3.63, 3.8) is 0 Å². The molecule has 1 aliphatic rings. The fourth-order valence-corrected chi connectivity index (χ4v) is 3.09. The van der Waals surface area contributed by atoms with Crippen molar-refractivity contribution in [1.82, 2.24) is 4.90 Å². The van der Waals surface area contributed by atoms with Crippen LogP contribution in [0.15, 0.2) is 43.0 Å². The van der Waals surface area contributed by atoms with Gasteiger partial charge in [0.25, 0.3) is 0 Å². The first kappa shape index (κ1) is 17.2. The predicted molar refractivity (Wildman–Crippen MR) is 87.2 cm³/mol. The topological polar surface area (TPSA) is 66.8 Å². The Hall–Kier alpha value is -2.14. The van der Waals surface area contributed by atoms with E-state index in [0.717, 1.165) is 5.56 Å². The van der Waals surface area contributed by atoms with Crippen molar-refractivity contribution >= 4 is 11.9 Å². The van der Waals surface area contributed by atoms with E-state index in [-0.39, 0.29) is 30.4 Å². The molecule has 0 saturated carbocycles. The normalized spacial score (nSPS) is 21.9. The number of benzene rings is 1. The van der Waals surface area contributed by atoms with Crippen molar-refractivity contribution in [2.75, 3.05) is 13.7 Å². The van der Waals surface area contributed by atoms with Gasteiger partial charge in [-0.05, 0) is 12.0 Å². The Morgan fingerprint density at radius 3 is 2.70 bits per heavy atom. The summed E-state index contributed by atoms with van der Waals surface area (Å²) in [5.74, 6) is -1.02. The zero-order valence-corrected chi connectivity index (χ0v) is 13.4. The van der Waals surface area contributed by atoms with Crippen LogP contribution in [0.2, 0.25) is 0 Å². The Kier molecular flexibility index (Phi) is 5.93. The molecular weight excluding hydrogens is 294 g/mol. The summed E-state index contributed by atoms with van der Waals surface area (Å²) in [6.45, 7) is 4.28. The lowest BCUT2D eigenvalue weighted by atomic mass is 9.95. The Morgan fingerprint density at radius 1 is 1.43 bits per heavy atom. The summed E-state index contributed by atoms with van der Waals surface area (Å²) in [4.78, 5) is 25.3. The number of carbonyl (C=O) groups is 2. The van der Waals surface area contributed by atoms with Gasteiger partial charge < -0.3 is 14.7 Å². The van der Waals surface area contributed by atoms with Gasteiger partial charge in [0.1, 0.15) is 0 Å². The van der Waals surface area contributed by atoms with Crippen molar-refractivity contribution in [3.8, 4) is 0 Å². The van der Waals surface area contributed by atoms with Gasteiger partial charge in [0.05, 0.1) is 12.5 Å². The first-order valence-corrected chi connectivity index (χ1v) is 7.76. The molecule has 1 amide bonds. The number of likely N-dealkylation sites (tertiary alicyclic amines) is 1. The third kappa shape index (κ3) is 4.42. The van der Waals surface area contributed by atoms with E-state index >= 15 is 0 Å². The van der Waals surface area contributed by atoms with Crippen molar-refractivity contribution < 1.29 is 19.4 Å². The fourth-order valence-electron chi connectivity index (χ4n) is 3.09. The molecule has 2 rings (SSSR count). The first-order chi connectivity index (χ1) is 11.0. The average molecular weight is 317 g/mol. The number of amides is 1. The first-order valence-electron chi connectivity index (χ1n) is 7.76. The van der Waals surface area contributed by atoms with E-state index in [1.165, 1.54) is 0 Å². The maximum atomic E-state index is 12.7. The Balaban J connectivity index is 2.07. The third-order valence-corrected chi connectivity index (χ3v) is 4.35. The quantitative estimate of drug-likeness (QED) is 0.784. The molecule has 1 aliphatic heterocycles. The lowest BCUT2D eigenvalue weighted by molar-refractivity contribution is -0.140. The van der Waals surface area contributed by atoms with Crippen molar-refractivity contribution in [2.45, 2.75) is 37.3 Å². The summed E-state index contributed by atoms with van der Waals surface area (Å²) < 4.78 is 5.31. The minimum absolute atomic E-state index is 0.0459. The zero-order valence-electron chi connectivity index (χ0n) is 13.4. The Morgan fingerprint density at radius 2 is 2.13 bits per heavy atom. The predicted octanol–water partition coefficient (Wildman–Crippen LogP) is 2.44. The number of ether oxygens (including phenoxy) is 1. The maximum Gasteiger partial charge on any atom is 0.305 e. The standard InChI is InChI=1S/C18H23NO4/c1-3-13(14-7-5-4-6-8-14)9-17(20)19-12-16(23-2)10-15(19)11-18(21)22/h3-8,13,15-16H,1,9-12H2,2H3,(H,21,22). The van der Waals surface area contributed by atoms with Crippen molar-refractivity contribution in [2.24, 2.45) is 0 Å². The molecule has 23 heavy (non-hydrogen) atoms. The maximum absolute atomic E-state index is 12.7. The van der Waals surface area contributed by atoms with E-state index in [9.17, 15) is 9.59 Å². The second-order valence-corrected chi connectivity index (χ2v) is 5.85. The second-order valence-electron chi connectivity index (χ2n) is 5.85. The van der Waals surface area contributed by atoms with Crippen LogP contribution in [-0.2, 0) is 14.3 Å². The number of methoxy groups -OCH3 is 1. The van der Waals surface area contributed by atoms with Crippen LogP contribution < -0.4 is 0 Å². The molecule has 0 aromatic heterocycles. The summed E-state index contributed by atoms with van der Waals surface area (Å²) >= 11 is 0. The molecule has 1 heterocycles. The molecule has 124 valence electrons. The van der Waals surface area contributed by atoms with Gasteiger partial charge in [-0.25, -0.2) is 0 Å². The fraction of sp³-hybridized carbons (Fsp3) is 0.444. The highest BCUT2D eigenvalue weighted by Crippen LogP contribution is 2.27. The molecule has 5 heteroatoms. The van der Waals surface area contributed by atoms with Crippen LogP contribution in [0.1, 0.15) is 30.7 Å². The van der Waals surface area contributed by atoms with Gasteiger partial charge in [0.2, 0.25) is 5.91 Å². The molecular formula is C18H23NO4. The minimum atomic E-state index is -0.895. The number of allylic oxidation sites excluding steroid dienone is 1. The van der Waals surface area contributed by atoms with Gasteiger partial charge in [-0.1, -0.05) is 36.4 Å². The molecule has 3 atom stereocenters. The number of hydrogen-bond acceptors (Lipinski definition) is 3. The molecule has 3 unspecified atom stereocenters. The molecule has 0 radical (unpaired) electrons. The van der Waals surface area contributed by atoms with Crippen LogP contribution in [0.25, 0.3) is 0 Å². The van der Waals surface area contributed by atoms with Crippen molar-refractivity contribution in [1.29, 1.82) is 0 Å². The van der Waals surface area contributed by atoms with Gasteiger partial charge >= 0.3 is 5.97 Å². The number of nitrogens with zero attached hydrogens (tertiary/aromatic N) is 1. The van der Waals surface area contributed by atoms with Crippen LogP contribution in [-0.4, -0.2) is 47.7 Å². The Bertz CT molecular complexity index is 557. The monoisotopic (exact) mass is 317 g/mol. The van der Waals surface area contributed by atoms with E-state index in [1.54, 1.807) is 18.1 Å². The lowest BCUT2D eigenvalue weighted by Gasteiger charge is -2.25. The van der Waals surface area contributed by atoms with Gasteiger partial charge in [-0.3, -0.25) is 9.59 Å². The molecule has 1 N–H and O–H groups in total. The molecule has 0 spiro atoms. The molecule has 5 nitrogen and oxygen atoms in total. The Labute approximate surface area is 136 Å². The van der Waals surface area contributed by atoms with E-state index < -0.39 is 5.97 Å². The van der Waals surface area contributed by atoms with Crippen LogP contribution in [0.5, 0.6) is 0 Å². The summed E-state index contributed by atoms with van der Waals surface area (Å²) in [6, 6.07) is 9.43. The number of hydrogen-bond donors (Lipinski definition) is 1. The van der Waals surface area contributed by atoms with Crippen LogP contribution in [0, 0.1) is 0 Å². The van der Waals surface area contributed by atoms with Gasteiger partial charge in [-0.2, -0.15) is 0 Å². The molecule has 0 aliphatic carbocycles. The summed E-state index contributed by atoms with van der Waals surface area (Å²) in [5, 5.41) is 9.04. The smallest absolute Gasteiger partial charge is 0.305 e. The largest absolute Gasteiger partial charge is 0.481 e. The number of aliphatic carboxylic acids is 1. The van der Waals surface area contributed by atoms with Gasteiger partial charge in [-0.15, -0.1) is 6.58 Å². The summed E-state index contributed by atoms with van der Waals surface area (Å²) in [6.07, 6.45) is 2.49. The van der Waals surface area contributed by atoms with E-state index in [2.05, 4.69) is 6.58 Å². The number of carbonyl (C=O) groups excluding carboxylic acids is 1. The average Bonchev–Trinajstić information content (AvgIpc) is 2.95. The molecule has 0 bridgehead atoms. The summed E-state index contributed by atoms with van der Waals surface area (Å²) in [7, 11) is 1.59. The van der Waals surface area contributed by atoms with E-state index in [4.69, 9.17) is 9.84 Å². The molecule has 1 fully saturated rings. The van der Waals surface area contributed by atoms with Crippen molar-refractivity contribution in [3.05, 3.63) is 48.6 Å². The van der Waals surface area contributed by atoms with Crippen LogP contribution >= 0.6 is 0 Å². The molecule has 1 aromatic carbocycles. The number of carboxylic acid groups (broad SMARTS) is 1. The van der Waals surface area contributed by atoms with E-state index in [0.29, 0.717) is 19.4 Å². The SMILES string of the molecule is C=CC(CC(=O)N1CC(OC)CC1CC(=O)O)c1ccccc1. The highest BCUT2D eigenvalue weighted by molar-refractivity contribution is 5.79. The van der Waals surface area contributed by atoms with Crippen LogP contribution in [0.3, 0.4) is 0 Å². The third-order valence-electron chi connectivity index (χ3n) is 4.35. The van der Waals surface area contributed by atoms with Crippen LogP contribution in [0.4, 0.5) is 0 Å². The second kappa shape index (κ2) is 7.92. The highest BCUT2D eigenvalue weighted by Gasteiger charge is 2.36. The number of carboxylic acids is 1. The molecule has 1 saturated heterocycles. The van der Waals surface area contributed by atoms with E-state index in [1.807, 2.05) is 30.3 Å².